The molecule has 0 aliphatic rings. The topological polar surface area (TPSA) is 107 Å². The molecule has 0 aliphatic carbocycles. The highest BCUT2D eigenvalue weighted by molar-refractivity contribution is 5.90. The Morgan fingerprint density at radius 2 is 0.935 bits per heavy atom. The molecule has 0 atom stereocenters. The lowest BCUT2D eigenvalue weighted by Crippen LogP contribution is -2.25. The van der Waals surface area contributed by atoms with Gasteiger partial charge in [-0.15, -0.1) is 0 Å². The maximum Gasteiger partial charge on any atom is 0.259 e. The molecule has 5 aromatic carbocycles. The molecule has 230 valence electrons. The lowest BCUT2D eigenvalue weighted by atomic mass is 10.1. The van der Waals surface area contributed by atoms with Gasteiger partial charge >= 0.3 is 0 Å². The molecule has 0 spiro atoms. The van der Waals surface area contributed by atoms with Crippen molar-refractivity contribution in [2.24, 2.45) is 10.2 Å². The summed E-state index contributed by atoms with van der Waals surface area (Å²) in [5, 5.41) is 18.9. The number of carbonyl (C=O) groups excluding carboxylic acids is 2. The van der Waals surface area contributed by atoms with Crippen LogP contribution in [0.5, 0.6) is 0 Å². The standard InChI is InChI=1S/C38H36N6O2/c1-27(23-41-43-37(45)25-39-35-17-15-31-7-3-5-9-33(31)21-35)19-29-11-13-30(14-12-29)20-28(2)24-42-44-38(46)26-40-36-18-16-32-8-4-6-10-34(32)22-36/h3-24,39-40H,25-26H2,1-2H3,(H,43,45)(H,44,46). The molecule has 5 rings (SSSR count). The maximum atomic E-state index is 12.2. The molecule has 46 heavy (non-hydrogen) atoms. The Morgan fingerprint density at radius 1 is 0.543 bits per heavy atom. The second-order valence-corrected chi connectivity index (χ2v) is 10.9. The minimum atomic E-state index is -0.232. The van der Waals surface area contributed by atoms with Crippen molar-refractivity contribution in [1.82, 2.24) is 10.9 Å². The van der Waals surface area contributed by atoms with E-state index in [0.717, 1.165) is 55.2 Å². The van der Waals surface area contributed by atoms with E-state index in [1.54, 1.807) is 12.4 Å². The second-order valence-electron chi connectivity index (χ2n) is 10.9. The number of allylic oxidation sites excluding steroid dienone is 2. The molecule has 0 fully saturated rings. The first kappa shape index (κ1) is 31.4. The number of hydrazone groups is 2. The van der Waals surface area contributed by atoms with Crippen LogP contribution in [0, 0.1) is 0 Å². The van der Waals surface area contributed by atoms with Gasteiger partial charge in [0.25, 0.3) is 11.8 Å². The van der Waals surface area contributed by atoms with Crippen molar-refractivity contribution in [1.29, 1.82) is 0 Å². The number of anilines is 2. The molecule has 4 N–H and O–H groups in total. The van der Waals surface area contributed by atoms with Crippen LogP contribution in [0.2, 0.25) is 0 Å². The fourth-order valence-electron chi connectivity index (χ4n) is 4.74. The zero-order valence-corrected chi connectivity index (χ0v) is 25.8. The Bertz CT molecular complexity index is 1820. The Hall–Kier alpha value is -6.02. The first-order valence-corrected chi connectivity index (χ1v) is 15.0. The SMILES string of the molecule is CC(C=NNC(=O)CNc1ccc2ccccc2c1)=Cc1ccc(C=C(C)C=NNC(=O)CNc2ccc3ccccc3c2)cc1. The largest absolute Gasteiger partial charge is 0.376 e. The third kappa shape index (κ3) is 9.49. The van der Waals surface area contributed by atoms with Crippen LogP contribution in [0.3, 0.4) is 0 Å². The van der Waals surface area contributed by atoms with Crippen LogP contribution < -0.4 is 21.5 Å². The van der Waals surface area contributed by atoms with Gasteiger partial charge in [-0.05, 0) is 81.9 Å². The van der Waals surface area contributed by atoms with E-state index in [1.165, 1.54) is 0 Å². The van der Waals surface area contributed by atoms with Gasteiger partial charge in [-0.1, -0.05) is 97.1 Å². The van der Waals surface area contributed by atoms with Gasteiger partial charge in [-0.3, -0.25) is 9.59 Å². The van der Waals surface area contributed by atoms with Gasteiger partial charge in [0.05, 0.1) is 25.5 Å². The summed E-state index contributed by atoms with van der Waals surface area (Å²) in [6.07, 6.45) is 7.19. The molecule has 0 bridgehead atoms. The molecule has 2 amide bonds. The van der Waals surface area contributed by atoms with Crippen molar-refractivity contribution < 1.29 is 9.59 Å². The number of rotatable bonds is 12. The molecule has 0 aromatic heterocycles. The minimum absolute atomic E-state index is 0.118. The van der Waals surface area contributed by atoms with E-state index in [2.05, 4.69) is 43.8 Å². The van der Waals surface area contributed by atoms with Crippen LogP contribution in [0.4, 0.5) is 11.4 Å². The van der Waals surface area contributed by atoms with Crippen LogP contribution in [-0.4, -0.2) is 37.3 Å². The monoisotopic (exact) mass is 608 g/mol. The number of hydrogen-bond donors (Lipinski definition) is 4. The fourth-order valence-corrected chi connectivity index (χ4v) is 4.74. The number of amides is 2. The Labute approximate surface area is 268 Å². The van der Waals surface area contributed by atoms with E-state index in [1.807, 2.05) is 123 Å². The Balaban J connectivity index is 1.03. The molecule has 0 heterocycles. The van der Waals surface area contributed by atoms with Crippen molar-refractivity contribution in [2.75, 3.05) is 23.7 Å². The number of nitrogens with zero attached hydrogens (tertiary/aromatic N) is 2. The first-order valence-electron chi connectivity index (χ1n) is 15.0. The molecular formula is C38H36N6O2. The first-order chi connectivity index (χ1) is 22.4. The second kappa shape index (κ2) is 15.6. The minimum Gasteiger partial charge on any atom is -0.376 e. The van der Waals surface area contributed by atoms with Crippen LogP contribution in [0.25, 0.3) is 33.7 Å². The summed E-state index contributed by atoms with van der Waals surface area (Å²) in [6.45, 7) is 4.08. The van der Waals surface area contributed by atoms with Crippen molar-refractivity contribution in [3.63, 3.8) is 0 Å². The quantitative estimate of drug-likeness (QED) is 0.0886. The summed E-state index contributed by atoms with van der Waals surface area (Å²) in [5.41, 5.74) is 10.7. The zero-order chi connectivity index (χ0) is 32.1. The average molecular weight is 609 g/mol. The smallest absolute Gasteiger partial charge is 0.259 e. The van der Waals surface area contributed by atoms with Gasteiger partial charge < -0.3 is 10.6 Å². The van der Waals surface area contributed by atoms with E-state index >= 15 is 0 Å². The lowest BCUT2D eigenvalue weighted by Gasteiger charge is -2.06. The summed E-state index contributed by atoms with van der Waals surface area (Å²) in [5.74, 6) is -0.464. The summed E-state index contributed by atoms with van der Waals surface area (Å²) in [4.78, 5) is 24.4. The molecule has 0 aliphatic heterocycles. The van der Waals surface area contributed by atoms with Gasteiger partial charge in [-0.25, -0.2) is 10.9 Å². The molecule has 5 aromatic rings. The van der Waals surface area contributed by atoms with Gasteiger partial charge in [0.2, 0.25) is 0 Å². The highest BCUT2D eigenvalue weighted by Crippen LogP contribution is 2.19. The summed E-state index contributed by atoms with van der Waals surface area (Å²) < 4.78 is 0. The van der Waals surface area contributed by atoms with Crippen LogP contribution >= 0.6 is 0 Å². The zero-order valence-electron chi connectivity index (χ0n) is 25.8. The predicted molar refractivity (Wildman–Crippen MR) is 192 cm³/mol. The number of hydrogen-bond acceptors (Lipinski definition) is 6. The van der Waals surface area contributed by atoms with E-state index in [0.29, 0.717) is 0 Å². The Kier molecular flexibility index (Phi) is 10.7. The summed E-state index contributed by atoms with van der Waals surface area (Å²) in [7, 11) is 0. The highest BCUT2D eigenvalue weighted by Gasteiger charge is 2.02. The third-order valence-corrected chi connectivity index (χ3v) is 7.05. The van der Waals surface area contributed by atoms with Crippen LogP contribution in [-0.2, 0) is 9.59 Å². The van der Waals surface area contributed by atoms with Gasteiger partial charge in [0.1, 0.15) is 0 Å². The van der Waals surface area contributed by atoms with E-state index in [9.17, 15) is 9.59 Å². The lowest BCUT2D eigenvalue weighted by molar-refractivity contribution is -0.120. The van der Waals surface area contributed by atoms with E-state index in [4.69, 9.17) is 0 Å². The van der Waals surface area contributed by atoms with Crippen molar-refractivity contribution in [3.05, 3.63) is 131 Å². The van der Waals surface area contributed by atoms with Crippen LogP contribution in [0.1, 0.15) is 25.0 Å². The number of carbonyl (C=O) groups is 2. The molecule has 0 saturated carbocycles. The molecule has 0 radical (unpaired) electrons. The van der Waals surface area contributed by atoms with E-state index < -0.39 is 0 Å². The van der Waals surface area contributed by atoms with Crippen molar-refractivity contribution >= 4 is 69.3 Å². The van der Waals surface area contributed by atoms with Gasteiger partial charge in [-0.2, -0.15) is 10.2 Å². The molecular weight excluding hydrogens is 572 g/mol. The highest BCUT2D eigenvalue weighted by atomic mass is 16.2. The normalized spacial score (nSPS) is 12.1. The van der Waals surface area contributed by atoms with Gasteiger partial charge in [0, 0.05) is 11.4 Å². The fraction of sp³-hybridized carbons (Fsp3) is 0.105. The molecule has 0 saturated heterocycles. The molecule has 8 heteroatoms. The maximum absolute atomic E-state index is 12.2. The number of fused-ring (bicyclic) bond motifs is 2. The summed E-state index contributed by atoms with van der Waals surface area (Å²) >= 11 is 0. The molecule has 0 unspecified atom stereocenters. The average Bonchev–Trinajstić information content (AvgIpc) is 3.07. The summed E-state index contributed by atoms with van der Waals surface area (Å²) in [6, 6.07) is 36.2. The van der Waals surface area contributed by atoms with Crippen LogP contribution in [0.15, 0.2) is 131 Å². The van der Waals surface area contributed by atoms with E-state index in [-0.39, 0.29) is 24.9 Å². The van der Waals surface area contributed by atoms with Crippen molar-refractivity contribution in [2.45, 2.75) is 13.8 Å². The number of benzene rings is 5. The Morgan fingerprint density at radius 3 is 1.35 bits per heavy atom. The van der Waals surface area contributed by atoms with Crippen molar-refractivity contribution in [3.8, 4) is 0 Å². The molecule has 8 nitrogen and oxygen atoms in total. The van der Waals surface area contributed by atoms with Gasteiger partial charge in [0.15, 0.2) is 0 Å². The predicted octanol–water partition coefficient (Wildman–Crippen LogP) is 7.23. The number of nitrogens with one attached hydrogen (secondary N) is 4. The third-order valence-electron chi connectivity index (χ3n) is 7.05.